The van der Waals surface area contributed by atoms with Crippen molar-refractivity contribution in [2.45, 2.75) is 25.7 Å². The van der Waals surface area contributed by atoms with Crippen LogP contribution < -0.4 is 5.32 Å². The van der Waals surface area contributed by atoms with Crippen LogP contribution in [0, 0.1) is 29.6 Å². The van der Waals surface area contributed by atoms with Gasteiger partial charge in [0.05, 0.1) is 0 Å². The van der Waals surface area contributed by atoms with Gasteiger partial charge in [-0.2, -0.15) is 0 Å². The first-order valence-corrected chi connectivity index (χ1v) is 5.04. The van der Waals surface area contributed by atoms with Crippen LogP contribution in [0.25, 0.3) is 0 Å². The zero-order valence-electron chi connectivity index (χ0n) is 7.77. The molecule has 3 atom stereocenters. The Kier molecular flexibility index (Phi) is 2.37. The third kappa shape index (κ3) is 1.49. The fourth-order valence-electron chi connectivity index (χ4n) is 2.57. The molecule has 2 aliphatic rings. The van der Waals surface area contributed by atoms with Gasteiger partial charge in [-0.15, -0.1) is 11.8 Å². The van der Waals surface area contributed by atoms with Gasteiger partial charge >= 0.3 is 0 Å². The molecule has 2 unspecified atom stereocenters. The van der Waals surface area contributed by atoms with Crippen LogP contribution >= 0.6 is 0 Å². The van der Waals surface area contributed by atoms with Gasteiger partial charge in [-0.05, 0) is 44.2 Å². The molecule has 0 aromatic rings. The van der Waals surface area contributed by atoms with Crippen molar-refractivity contribution in [2.24, 2.45) is 17.8 Å². The molecule has 0 aliphatic heterocycles. The minimum atomic E-state index is 0.969. The average Bonchev–Trinajstić information content (AvgIpc) is 2.61. The highest BCUT2D eigenvalue weighted by Crippen LogP contribution is 2.51. The molecule has 0 spiro atoms. The Labute approximate surface area is 74.9 Å². The smallest absolute Gasteiger partial charge is 0.00915 e. The summed E-state index contributed by atoms with van der Waals surface area (Å²) < 4.78 is 0. The molecule has 12 heavy (non-hydrogen) atoms. The van der Waals surface area contributed by atoms with Crippen molar-refractivity contribution in [1.29, 1.82) is 0 Å². The predicted molar refractivity (Wildman–Crippen MR) is 50.6 cm³/mol. The maximum atomic E-state index is 3.29. The van der Waals surface area contributed by atoms with Gasteiger partial charge in [0.15, 0.2) is 0 Å². The summed E-state index contributed by atoms with van der Waals surface area (Å²) in [6.07, 6.45) is 4.98. The molecule has 1 saturated carbocycles. The van der Waals surface area contributed by atoms with Gasteiger partial charge in [0.2, 0.25) is 0 Å². The van der Waals surface area contributed by atoms with E-state index in [1.807, 2.05) is 0 Å². The summed E-state index contributed by atoms with van der Waals surface area (Å²) in [6.45, 7) is 1.22. The van der Waals surface area contributed by atoms with Crippen LogP contribution in [0.2, 0.25) is 0 Å². The summed E-state index contributed by atoms with van der Waals surface area (Å²) in [5.41, 5.74) is 0. The van der Waals surface area contributed by atoms with Gasteiger partial charge in [-0.25, -0.2) is 0 Å². The third-order valence-electron chi connectivity index (χ3n) is 3.28. The second-order valence-electron chi connectivity index (χ2n) is 3.98. The second-order valence-corrected chi connectivity index (χ2v) is 3.98. The maximum Gasteiger partial charge on any atom is 0.00915 e. The summed E-state index contributed by atoms with van der Waals surface area (Å²) in [7, 11) is 2.06. The molecule has 2 aliphatic carbocycles. The van der Waals surface area contributed by atoms with E-state index in [0.717, 1.165) is 30.6 Å². The fourth-order valence-corrected chi connectivity index (χ4v) is 2.57. The standard InChI is InChI=1S/C11H17N/c1-12-8-11-9-6-4-2-3-5-7-10(9)11/h9-12H,4-8H2,1H3/t9-,10?,11?/m0/s1. The molecular formula is C11H17N. The molecule has 1 heteroatoms. The van der Waals surface area contributed by atoms with Crippen LogP contribution in [-0.2, 0) is 0 Å². The van der Waals surface area contributed by atoms with E-state index in [0.29, 0.717) is 0 Å². The first-order chi connectivity index (χ1) is 5.93. The molecule has 0 saturated heterocycles. The first-order valence-electron chi connectivity index (χ1n) is 5.04. The molecule has 0 aromatic carbocycles. The quantitative estimate of drug-likeness (QED) is 0.610. The molecule has 0 radical (unpaired) electrons. The van der Waals surface area contributed by atoms with Crippen molar-refractivity contribution in [1.82, 2.24) is 5.32 Å². The van der Waals surface area contributed by atoms with Crippen LogP contribution in [0.3, 0.4) is 0 Å². The second kappa shape index (κ2) is 3.49. The van der Waals surface area contributed by atoms with E-state index < -0.39 is 0 Å². The number of nitrogens with one attached hydrogen (secondary N) is 1. The average molecular weight is 163 g/mol. The lowest BCUT2D eigenvalue weighted by Crippen LogP contribution is -2.11. The van der Waals surface area contributed by atoms with Crippen molar-refractivity contribution in [2.75, 3.05) is 13.6 Å². The van der Waals surface area contributed by atoms with E-state index >= 15 is 0 Å². The molecule has 0 aromatic heterocycles. The van der Waals surface area contributed by atoms with Crippen molar-refractivity contribution in [3.8, 4) is 11.8 Å². The molecule has 1 N–H and O–H groups in total. The van der Waals surface area contributed by atoms with E-state index in [-0.39, 0.29) is 0 Å². The number of hydrogen-bond acceptors (Lipinski definition) is 1. The van der Waals surface area contributed by atoms with Gasteiger partial charge in [0.1, 0.15) is 0 Å². The van der Waals surface area contributed by atoms with Crippen LogP contribution in [0.15, 0.2) is 0 Å². The van der Waals surface area contributed by atoms with E-state index in [1.54, 1.807) is 0 Å². The van der Waals surface area contributed by atoms with Gasteiger partial charge in [-0.3, -0.25) is 0 Å². The number of hydrogen-bond donors (Lipinski definition) is 1. The zero-order valence-corrected chi connectivity index (χ0v) is 7.77. The monoisotopic (exact) mass is 163 g/mol. The Balaban J connectivity index is 1.87. The van der Waals surface area contributed by atoms with E-state index in [4.69, 9.17) is 0 Å². The topological polar surface area (TPSA) is 12.0 Å². The van der Waals surface area contributed by atoms with Gasteiger partial charge in [0, 0.05) is 12.8 Å². The third-order valence-corrected chi connectivity index (χ3v) is 3.28. The summed E-state index contributed by atoms with van der Waals surface area (Å²) in [6, 6.07) is 0. The molecular weight excluding hydrogens is 146 g/mol. The molecule has 1 fully saturated rings. The number of rotatable bonds is 2. The lowest BCUT2D eigenvalue weighted by Gasteiger charge is -1.96. The molecule has 1 nitrogen and oxygen atoms in total. The normalized spacial score (nSPS) is 38.6. The molecule has 0 heterocycles. The van der Waals surface area contributed by atoms with E-state index in [9.17, 15) is 0 Å². The van der Waals surface area contributed by atoms with Crippen molar-refractivity contribution in [3.05, 3.63) is 0 Å². The molecule has 66 valence electrons. The summed E-state index contributed by atoms with van der Waals surface area (Å²) >= 11 is 0. The van der Waals surface area contributed by atoms with Crippen LogP contribution in [0.5, 0.6) is 0 Å². The van der Waals surface area contributed by atoms with E-state index in [2.05, 4.69) is 24.2 Å². The van der Waals surface area contributed by atoms with Gasteiger partial charge < -0.3 is 5.32 Å². The highest BCUT2D eigenvalue weighted by Gasteiger charge is 2.47. The number of fused-ring (bicyclic) bond motifs is 1. The highest BCUT2D eigenvalue weighted by molar-refractivity contribution is 5.07. The predicted octanol–water partition coefficient (Wildman–Crippen LogP) is 1.65. The fraction of sp³-hybridized carbons (Fsp3) is 0.818. The van der Waals surface area contributed by atoms with Crippen LogP contribution in [0.1, 0.15) is 25.7 Å². The molecule has 0 amide bonds. The lowest BCUT2D eigenvalue weighted by atomic mass is 10.1. The first kappa shape index (κ1) is 8.13. The summed E-state index contributed by atoms with van der Waals surface area (Å²) in [4.78, 5) is 0. The van der Waals surface area contributed by atoms with Gasteiger partial charge in [-0.1, -0.05) is 0 Å². The zero-order chi connectivity index (χ0) is 8.39. The van der Waals surface area contributed by atoms with Gasteiger partial charge in [0.25, 0.3) is 0 Å². The lowest BCUT2D eigenvalue weighted by molar-refractivity contribution is 0.618. The maximum absolute atomic E-state index is 3.29. The largest absolute Gasteiger partial charge is 0.319 e. The Morgan fingerprint density at radius 3 is 2.25 bits per heavy atom. The summed E-state index contributed by atoms with van der Waals surface area (Å²) in [5.74, 6) is 9.46. The SMILES string of the molecule is CNCC1C2CCC#CCC[C@@H]21. The van der Waals surface area contributed by atoms with Crippen molar-refractivity contribution >= 4 is 0 Å². The van der Waals surface area contributed by atoms with Crippen LogP contribution in [-0.4, -0.2) is 13.6 Å². The Morgan fingerprint density at radius 1 is 1.17 bits per heavy atom. The summed E-state index contributed by atoms with van der Waals surface area (Å²) in [5, 5.41) is 3.29. The molecule has 2 rings (SSSR count). The Morgan fingerprint density at radius 2 is 1.75 bits per heavy atom. The minimum Gasteiger partial charge on any atom is -0.319 e. The van der Waals surface area contributed by atoms with Crippen LogP contribution in [0.4, 0.5) is 0 Å². The Hall–Kier alpha value is -0.480. The van der Waals surface area contributed by atoms with Crippen molar-refractivity contribution < 1.29 is 0 Å². The molecule has 0 bridgehead atoms. The van der Waals surface area contributed by atoms with E-state index in [1.165, 1.54) is 19.4 Å². The van der Waals surface area contributed by atoms with Crippen molar-refractivity contribution in [3.63, 3.8) is 0 Å². The Bertz CT molecular complexity index is 193. The minimum absolute atomic E-state index is 0.969. The highest BCUT2D eigenvalue weighted by atomic mass is 14.8.